The molecular weight excluding hydrogens is 212 g/mol. The second kappa shape index (κ2) is 7.45. The van der Waals surface area contributed by atoms with E-state index in [0.29, 0.717) is 6.54 Å². The number of nitrogens with zero attached hydrogens (tertiary/aromatic N) is 3. The largest absolute Gasteiger partial charge is 0.333 e. The summed E-state index contributed by atoms with van der Waals surface area (Å²) in [6.07, 6.45) is 7.61. The van der Waals surface area contributed by atoms with Gasteiger partial charge in [-0.25, -0.2) is 4.98 Å². The van der Waals surface area contributed by atoms with Crippen LogP contribution < -0.4 is 5.73 Å². The summed E-state index contributed by atoms with van der Waals surface area (Å²) in [6.45, 7) is 7.07. The molecule has 0 saturated carbocycles. The number of rotatable bonds is 8. The van der Waals surface area contributed by atoms with Crippen molar-refractivity contribution in [1.29, 1.82) is 0 Å². The van der Waals surface area contributed by atoms with Gasteiger partial charge in [0.15, 0.2) is 0 Å². The van der Waals surface area contributed by atoms with Crippen molar-refractivity contribution < 1.29 is 0 Å². The Morgan fingerprint density at radius 3 is 2.76 bits per heavy atom. The molecule has 0 aromatic carbocycles. The standard InChI is InChI=1S/C13H26N4/c1-4-6-7-8-16(3)12(9-14)13-10-15-11-17(13)5-2/h10-12H,4-9,14H2,1-3H3. The van der Waals surface area contributed by atoms with E-state index in [1.54, 1.807) is 0 Å². The molecule has 17 heavy (non-hydrogen) atoms. The van der Waals surface area contributed by atoms with Crippen LogP contribution in [0.1, 0.15) is 44.8 Å². The molecule has 0 aliphatic carbocycles. The van der Waals surface area contributed by atoms with Gasteiger partial charge in [0.2, 0.25) is 0 Å². The van der Waals surface area contributed by atoms with Gasteiger partial charge in [-0.3, -0.25) is 4.90 Å². The molecule has 1 rings (SSSR count). The predicted molar refractivity (Wildman–Crippen MR) is 71.9 cm³/mol. The highest BCUT2D eigenvalue weighted by Gasteiger charge is 2.18. The fourth-order valence-corrected chi connectivity index (χ4v) is 2.17. The molecule has 0 bridgehead atoms. The summed E-state index contributed by atoms with van der Waals surface area (Å²) >= 11 is 0. The molecular formula is C13H26N4. The lowest BCUT2D eigenvalue weighted by Gasteiger charge is -2.27. The van der Waals surface area contributed by atoms with E-state index in [2.05, 4.69) is 35.3 Å². The Kier molecular flexibility index (Phi) is 6.22. The van der Waals surface area contributed by atoms with Crippen molar-refractivity contribution in [3.8, 4) is 0 Å². The summed E-state index contributed by atoms with van der Waals surface area (Å²) in [5.74, 6) is 0. The highest BCUT2D eigenvalue weighted by molar-refractivity contribution is 5.06. The third-order valence-electron chi connectivity index (χ3n) is 3.30. The van der Waals surface area contributed by atoms with Gasteiger partial charge in [0, 0.05) is 19.3 Å². The zero-order valence-corrected chi connectivity index (χ0v) is 11.4. The Morgan fingerprint density at radius 1 is 1.41 bits per heavy atom. The normalized spacial score (nSPS) is 13.2. The molecule has 0 saturated heterocycles. The van der Waals surface area contributed by atoms with Gasteiger partial charge < -0.3 is 10.3 Å². The molecule has 1 aromatic heterocycles. The minimum absolute atomic E-state index is 0.286. The van der Waals surface area contributed by atoms with E-state index in [4.69, 9.17) is 5.73 Å². The topological polar surface area (TPSA) is 47.1 Å². The van der Waals surface area contributed by atoms with E-state index in [1.807, 2.05) is 12.5 Å². The first kappa shape index (κ1) is 14.2. The zero-order chi connectivity index (χ0) is 12.7. The fraction of sp³-hybridized carbons (Fsp3) is 0.769. The maximum Gasteiger partial charge on any atom is 0.0948 e. The first-order valence-corrected chi connectivity index (χ1v) is 6.64. The second-order valence-corrected chi connectivity index (χ2v) is 4.54. The van der Waals surface area contributed by atoms with Crippen molar-refractivity contribution in [3.63, 3.8) is 0 Å². The van der Waals surface area contributed by atoms with Crippen molar-refractivity contribution in [2.75, 3.05) is 20.1 Å². The van der Waals surface area contributed by atoms with Crippen molar-refractivity contribution in [1.82, 2.24) is 14.5 Å². The van der Waals surface area contributed by atoms with Gasteiger partial charge in [0.1, 0.15) is 0 Å². The Bertz CT molecular complexity index is 308. The van der Waals surface area contributed by atoms with Crippen molar-refractivity contribution >= 4 is 0 Å². The van der Waals surface area contributed by atoms with Crippen LogP contribution in [0.3, 0.4) is 0 Å². The van der Waals surface area contributed by atoms with Crippen LogP contribution in [0.2, 0.25) is 0 Å². The third-order valence-corrected chi connectivity index (χ3v) is 3.30. The molecule has 0 amide bonds. The van der Waals surface area contributed by atoms with Crippen LogP contribution in [0.15, 0.2) is 12.5 Å². The van der Waals surface area contributed by atoms with Gasteiger partial charge in [-0.05, 0) is 26.9 Å². The Labute approximate surface area is 105 Å². The molecule has 0 spiro atoms. The lowest BCUT2D eigenvalue weighted by Crippen LogP contribution is -2.32. The summed E-state index contributed by atoms with van der Waals surface area (Å²) in [7, 11) is 2.15. The van der Waals surface area contributed by atoms with Crippen LogP contribution >= 0.6 is 0 Å². The Hall–Kier alpha value is -0.870. The molecule has 0 aliphatic rings. The molecule has 98 valence electrons. The molecule has 0 radical (unpaired) electrons. The summed E-state index contributed by atoms with van der Waals surface area (Å²) in [5, 5.41) is 0. The number of aromatic nitrogens is 2. The number of imidazole rings is 1. The highest BCUT2D eigenvalue weighted by atomic mass is 15.2. The van der Waals surface area contributed by atoms with E-state index in [1.165, 1.54) is 25.0 Å². The highest BCUT2D eigenvalue weighted by Crippen LogP contribution is 2.18. The van der Waals surface area contributed by atoms with Gasteiger partial charge in [-0.1, -0.05) is 19.8 Å². The number of nitrogens with two attached hydrogens (primary N) is 1. The van der Waals surface area contributed by atoms with Crippen LogP contribution in [0.4, 0.5) is 0 Å². The average molecular weight is 238 g/mol. The quantitative estimate of drug-likeness (QED) is 0.705. The number of aryl methyl sites for hydroxylation is 1. The van der Waals surface area contributed by atoms with E-state index in [-0.39, 0.29) is 6.04 Å². The molecule has 0 aliphatic heterocycles. The van der Waals surface area contributed by atoms with E-state index in [9.17, 15) is 0 Å². The molecule has 1 aromatic rings. The van der Waals surface area contributed by atoms with E-state index >= 15 is 0 Å². The molecule has 4 nitrogen and oxygen atoms in total. The summed E-state index contributed by atoms with van der Waals surface area (Å²) in [6, 6.07) is 0.286. The fourth-order valence-electron chi connectivity index (χ4n) is 2.17. The lowest BCUT2D eigenvalue weighted by atomic mass is 10.1. The van der Waals surface area contributed by atoms with Gasteiger partial charge in [0.25, 0.3) is 0 Å². The second-order valence-electron chi connectivity index (χ2n) is 4.54. The first-order chi connectivity index (χ1) is 8.24. The van der Waals surface area contributed by atoms with Crippen LogP contribution in [0, 0.1) is 0 Å². The monoisotopic (exact) mass is 238 g/mol. The Balaban J connectivity index is 2.63. The molecule has 2 N–H and O–H groups in total. The van der Waals surface area contributed by atoms with Crippen LogP contribution in [0.25, 0.3) is 0 Å². The van der Waals surface area contributed by atoms with Gasteiger partial charge in [-0.15, -0.1) is 0 Å². The van der Waals surface area contributed by atoms with Crippen molar-refractivity contribution in [2.45, 2.75) is 45.7 Å². The van der Waals surface area contributed by atoms with Gasteiger partial charge in [0.05, 0.1) is 18.1 Å². The third kappa shape index (κ3) is 3.82. The average Bonchev–Trinajstić information content (AvgIpc) is 2.78. The molecule has 1 heterocycles. The minimum Gasteiger partial charge on any atom is -0.333 e. The number of likely N-dealkylation sites (N-methyl/N-ethyl adjacent to an activating group) is 1. The smallest absolute Gasteiger partial charge is 0.0948 e. The molecule has 1 unspecified atom stereocenters. The maximum atomic E-state index is 5.91. The number of hydrogen-bond acceptors (Lipinski definition) is 3. The van der Waals surface area contributed by atoms with Crippen LogP contribution in [-0.2, 0) is 6.54 Å². The SMILES string of the molecule is CCCCCN(C)C(CN)c1cncn1CC. The van der Waals surface area contributed by atoms with Crippen molar-refractivity contribution in [2.24, 2.45) is 5.73 Å². The first-order valence-electron chi connectivity index (χ1n) is 6.64. The summed E-state index contributed by atoms with van der Waals surface area (Å²) in [4.78, 5) is 6.57. The minimum atomic E-state index is 0.286. The van der Waals surface area contributed by atoms with E-state index < -0.39 is 0 Å². The summed E-state index contributed by atoms with van der Waals surface area (Å²) < 4.78 is 2.17. The van der Waals surface area contributed by atoms with Crippen molar-refractivity contribution in [3.05, 3.63) is 18.2 Å². The predicted octanol–water partition coefficient (Wildman–Crippen LogP) is 2.02. The lowest BCUT2D eigenvalue weighted by molar-refractivity contribution is 0.236. The number of hydrogen-bond donors (Lipinski definition) is 1. The van der Waals surface area contributed by atoms with Gasteiger partial charge in [-0.2, -0.15) is 0 Å². The van der Waals surface area contributed by atoms with Gasteiger partial charge >= 0.3 is 0 Å². The summed E-state index contributed by atoms with van der Waals surface area (Å²) in [5.41, 5.74) is 7.14. The zero-order valence-electron chi connectivity index (χ0n) is 11.4. The van der Waals surface area contributed by atoms with Crippen LogP contribution in [0.5, 0.6) is 0 Å². The van der Waals surface area contributed by atoms with Crippen LogP contribution in [-0.4, -0.2) is 34.6 Å². The number of unbranched alkanes of at least 4 members (excludes halogenated alkanes) is 2. The molecule has 0 fully saturated rings. The maximum absolute atomic E-state index is 5.91. The molecule has 1 atom stereocenters. The Morgan fingerprint density at radius 2 is 2.18 bits per heavy atom. The molecule has 4 heteroatoms. The van der Waals surface area contributed by atoms with E-state index in [0.717, 1.165) is 13.1 Å².